The SMILES string of the molecule is Cc1cc(C)n(CC(=O)N[C@@H]2CC(=O)N(C)[C@H]2c2cccnc2)n1. The molecule has 0 aromatic carbocycles. The molecular formula is C17H21N5O2. The van der Waals surface area contributed by atoms with Gasteiger partial charge in [0, 0.05) is 31.6 Å². The van der Waals surface area contributed by atoms with Gasteiger partial charge >= 0.3 is 0 Å². The molecule has 7 heteroatoms. The number of hydrogen-bond donors (Lipinski definition) is 1. The first-order valence-corrected chi connectivity index (χ1v) is 7.91. The normalized spacial score (nSPS) is 20.5. The first-order valence-electron chi connectivity index (χ1n) is 7.91. The van der Waals surface area contributed by atoms with Crippen LogP contribution in [0.15, 0.2) is 30.6 Å². The molecule has 0 unspecified atom stereocenters. The molecule has 2 aromatic rings. The summed E-state index contributed by atoms with van der Waals surface area (Å²) in [5, 5.41) is 7.28. The Labute approximate surface area is 140 Å². The first kappa shape index (κ1) is 16.2. The molecule has 3 rings (SSSR count). The quantitative estimate of drug-likeness (QED) is 0.908. The van der Waals surface area contributed by atoms with Gasteiger partial charge in [0.25, 0.3) is 0 Å². The van der Waals surface area contributed by atoms with Gasteiger partial charge in [0.1, 0.15) is 6.54 Å². The van der Waals surface area contributed by atoms with Crippen LogP contribution in [0.5, 0.6) is 0 Å². The molecular weight excluding hydrogens is 306 g/mol. The summed E-state index contributed by atoms with van der Waals surface area (Å²) in [6, 6.07) is 5.22. The van der Waals surface area contributed by atoms with E-state index in [9.17, 15) is 9.59 Å². The van der Waals surface area contributed by atoms with E-state index in [0.717, 1.165) is 17.0 Å². The molecule has 2 amide bonds. The lowest BCUT2D eigenvalue weighted by atomic mass is 10.0. The van der Waals surface area contributed by atoms with Crippen LogP contribution >= 0.6 is 0 Å². The van der Waals surface area contributed by atoms with Crippen molar-refractivity contribution in [1.29, 1.82) is 0 Å². The number of aryl methyl sites for hydroxylation is 2. The number of likely N-dealkylation sites (N-methyl/N-ethyl adjacent to an activating group) is 1. The molecule has 1 fully saturated rings. The zero-order valence-electron chi connectivity index (χ0n) is 14.1. The fraction of sp³-hybridized carbons (Fsp3) is 0.412. The van der Waals surface area contributed by atoms with E-state index in [4.69, 9.17) is 0 Å². The molecule has 126 valence electrons. The van der Waals surface area contributed by atoms with E-state index in [1.54, 1.807) is 29.0 Å². The number of amides is 2. The van der Waals surface area contributed by atoms with Gasteiger partial charge < -0.3 is 10.2 Å². The average Bonchev–Trinajstić information content (AvgIpc) is 2.99. The van der Waals surface area contributed by atoms with Crippen molar-refractivity contribution in [3.05, 3.63) is 47.5 Å². The molecule has 7 nitrogen and oxygen atoms in total. The van der Waals surface area contributed by atoms with Crippen LogP contribution in [0.25, 0.3) is 0 Å². The fourth-order valence-corrected chi connectivity index (χ4v) is 3.23. The number of likely N-dealkylation sites (tertiary alicyclic amines) is 1. The van der Waals surface area contributed by atoms with E-state index in [-0.39, 0.29) is 30.4 Å². The molecule has 3 heterocycles. The lowest BCUT2D eigenvalue weighted by molar-refractivity contribution is -0.127. The van der Waals surface area contributed by atoms with Crippen LogP contribution in [0.4, 0.5) is 0 Å². The highest BCUT2D eigenvalue weighted by Gasteiger charge is 2.39. The predicted molar refractivity (Wildman–Crippen MR) is 88.0 cm³/mol. The minimum atomic E-state index is -0.267. The van der Waals surface area contributed by atoms with E-state index < -0.39 is 0 Å². The molecule has 0 saturated carbocycles. The Morgan fingerprint density at radius 2 is 2.21 bits per heavy atom. The number of carbonyl (C=O) groups is 2. The number of hydrogen-bond acceptors (Lipinski definition) is 4. The van der Waals surface area contributed by atoms with E-state index in [1.807, 2.05) is 32.0 Å². The number of carbonyl (C=O) groups excluding carboxylic acids is 2. The second-order valence-corrected chi connectivity index (χ2v) is 6.20. The molecule has 0 bridgehead atoms. The zero-order valence-corrected chi connectivity index (χ0v) is 14.1. The molecule has 0 aliphatic carbocycles. The van der Waals surface area contributed by atoms with Crippen molar-refractivity contribution in [1.82, 2.24) is 25.0 Å². The standard InChI is InChI=1S/C17H21N5O2/c1-11-7-12(2)22(20-11)10-15(23)19-14-8-16(24)21(3)17(14)13-5-4-6-18-9-13/h4-7,9,14,17H,8,10H2,1-3H3,(H,19,23)/t14-,17+/m1/s1. The highest BCUT2D eigenvalue weighted by atomic mass is 16.2. The number of pyridine rings is 1. The molecule has 1 aliphatic rings. The van der Waals surface area contributed by atoms with Crippen molar-refractivity contribution in [2.24, 2.45) is 0 Å². The zero-order chi connectivity index (χ0) is 17.3. The fourth-order valence-electron chi connectivity index (χ4n) is 3.23. The Hall–Kier alpha value is -2.70. The Morgan fingerprint density at radius 3 is 2.83 bits per heavy atom. The third kappa shape index (κ3) is 3.15. The largest absolute Gasteiger partial charge is 0.349 e. The lowest BCUT2D eigenvalue weighted by Crippen LogP contribution is -2.40. The van der Waals surface area contributed by atoms with Crippen molar-refractivity contribution in [3.63, 3.8) is 0 Å². The molecule has 1 aliphatic heterocycles. The second kappa shape index (κ2) is 6.43. The summed E-state index contributed by atoms with van der Waals surface area (Å²) in [5.41, 5.74) is 2.73. The summed E-state index contributed by atoms with van der Waals surface area (Å²) in [4.78, 5) is 30.3. The van der Waals surface area contributed by atoms with Crippen molar-refractivity contribution in [3.8, 4) is 0 Å². The number of aromatic nitrogens is 3. The molecule has 24 heavy (non-hydrogen) atoms. The third-order valence-corrected chi connectivity index (χ3v) is 4.36. The molecule has 2 atom stereocenters. The van der Waals surface area contributed by atoms with Gasteiger partial charge in [-0.25, -0.2) is 0 Å². The summed E-state index contributed by atoms with van der Waals surface area (Å²) >= 11 is 0. The Bertz CT molecular complexity index is 756. The summed E-state index contributed by atoms with van der Waals surface area (Å²) in [6.45, 7) is 3.96. The van der Waals surface area contributed by atoms with Gasteiger partial charge in [-0.3, -0.25) is 19.3 Å². The van der Waals surface area contributed by atoms with Crippen LogP contribution < -0.4 is 5.32 Å². The van der Waals surface area contributed by atoms with Crippen molar-refractivity contribution >= 4 is 11.8 Å². The van der Waals surface area contributed by atoms with Crippen molar-refractivity contribution in [2.45, 2.75) is 38.9 Å². The maximum absolute atomic E-state index is 12.4. The van der Waals surface area contributed by atoms with Crippen LogP contribution in [0, 0.1) is 13.8 Å². The minimum absolute atomic E-state index is 0.0141. The third-order valence-electron chi connectivity index (χ3n) is 4.36. The van der Waals surface area contributed by atoms with Gasteiger partial charge in [0.15, 0.2) is 0 Å². The minimum Gasteiger partial charge on any atom is -0.349 e. The van der Waals surface area contributed by atoms with Crippen LogP contribution in [0.1, 0.15) is 29.4 Å². The monoisotopic (exact) mass is 327 g/mol. The first-order chi connectivity index (χ1) is 11.5. The maximum Gasteiger partial charge on any atom is 0.242 e. The van der Waals surface area contributed by atoms with Crippen LogP contribution in [-0.4, -0.2) is 44.6 Å². The highest BCUT2D eigenvalue weighted by Crippen LogP contribution is 2.31. The van der Waals surface area contributed by atoms with Gasteiger partial charge in [-0.2, -0.15) is 5.10 Å². The Morgan fingerprint density at radius 1 is 1.42 bits per heavy atom. The van der Waals surface area contributed by atoms with Gasteiger partial charge in [0.05, 0.1) is 17.8 Å². The van der Waals surface area contributed by atoms with Crippen LogP contribution in [0.2, 0.25) is 0 Å². The molecule has 0 radical (unpaired) electrons. The van der Waals surface area contributed by atoms with E-state index in [1.165, 1.54) is 0 Å². The molecule has 2 aromatic heterocycles. The van der Waals surface area contributed by atoms with E-state index in [2.05, 4.69) is 15.4 Å². The summed E-state index contributed by atoms with van der Waals surface area (Å²) in [5.74, 6) is -0.136. The average molecular weight is 327 g/mol. The summed E-state index contributed by atoms with van der Waals surface area (Å²) < 4.78 is 1.67. The topological polar surface area (TPSA) is 80.1 Å². The van der Waals surface area contributed by atoms with Gasteiger partial charge in [-0.15, -0.1) is 0 Å². The lowest BCUT2D eigenvalue weighted by Gasteiger charge is -2.25. The summed E-state index contributed by atoms with van der Waals surface area (Å²) in [6.07, 6.45) is 3.72. The molecule has 0 spiro atoms. The highest BCUT2D eigenvalue weighted by molar-refractivity contribution is 5.83. The molecule has 1 N–H and O–H groups in total. The van der Waals surface area contributed by atoms with Gasteiger partial charge in [0.2, 0.25) is 11.8 Å². The van der Waals surface area contributed by atoms with Gasteiger partial charge in [-0.05, 0) is 31.5 Å². The smallest absolute Gasteiger partial charge is 0.242 e. The number of nitrogens with one attached hydrogen (secondary N) is 1. The summed E-state index contributed by atoms with van der Waals surface area (Å²) in [7, 11) is 1.76. The van der Waals surface area contributed by atoms with Crippen molar-refractivity contribution < 1.29 is 9.59 Å². The van der Waals surface area contributed by atoms with Crippen LogP contribution in [-0.2, 0) is 16.1 Å². The Kier molecular flexibility index (Phi) is 4.33. The number of nitrogens with zero attached hydrogens (tertiary/aromatic N) is 4. The van der Waals surface area contributed by atoms with Crippen LogP contribution in [0.3, 0.4) is 0 Å². The molecule has 1 saturated heterocycles. The maximum atomic E-state index is 12.4. The number of rotatable bonds is 4. The predicted octanol–water partition coefficient (Wildman–Crippen LogP) is 0.983. The van der Waals surface area contributed by atoms with E-state index in [0.29, 0.717) is 6.42 Å². The Balaban J connectivity index is 1.74. The second-order valence-electron chi connectivity index (χ2n) is 6.20. The van der Waals surface area contributed by atoms with Gasteiger partial charge in [-0.1, -0.05) is 6.07 Å². The van der Waals surface area contributed by atoms with E-state index >= 15 is 0 Å². The van der Waals surface area contributed by atoms with Crippen molar-refractivity contribution in [2.75, 3.05) is 7.05 Å².